The van der Waals surface area contributed by atoms with E-state index < -0.39 is 0 Å². The molecule has 1 atom stereocenters. The number of thioether (sulfide) groups is 1. The fourth-order valence-corrected chi connectivity index (χ4v) is 2.14. The van der Waals surface area contributed by atoms with E-state index >= 15 is 0 Å². The summed E-state index contributed by atoms with van der Waals surface area (Å²) in [6.07, 6.45) is 2.13. The van der Waals surface area contributed by atoms with Crippen molar-refractivity contribution in [3.8, 4) is 0 Å². The van der Waals surface area contributed by atoms with Crippen LogP contribution in [0.5, 0.6) is 0 Å². The second-order valence-electron chi connectivity index (χ2n) is 5.61. The Morgan fingerprint density at radius 3 is 2.55 bits per heavy atom. The van der Waals surface area contributed by atoms with Crippen molar-refractivity contribution < 1.29 is 0 Å². The molecular weight excluding hydrogens is 266 g/mol. The van der Waals surface area contributed by atoms with Crippen LogP contribution >= 0.6 is 11.8 Å². The Hall–Kier alpha value is -1.16. The van der Waals surface area contributed by atoms with Gasteiger partial charge in [0.1, 0.15) is 0 Å². The lowest BCUT2D eigenvalue weighted by molar-refractivity contribution is 0.638. The van der Waals surface area contributed by atoms with Gasteiger partial charge in [-0.25, -0.2) is 0 Å². The SMILES string of the molecule is CN=C(NCC(C)(C)SC)NC(C)c1ccccc1C. The Kier molecular flexibility index (Phi) is 6.40. The third-order valence-electron chi connectivity index (χ3n) is 3.47. The summed E-state index contributed by atoms with van der Waals surface area (Å²) < 4.78 is 0.198. The Labute approximate surface area is 127 Å². The Morgan fingerprint density at radius 2 is 2.00 bits per heavy atom. The van der Waals surface area contributed by atoms with Crippen molar-refractivity contribution in [3.05, 3.63) is 35.4 Å². The maximum absolute atomic E-state index is 4.31. The molecular formula is C16H27N3S. The van der Waals surface area contributed by atoms with E-state index in [1.54, 1.807) is 0 Å². The first-order chi connectivity index (χ1) is 9.39. The normalized spacial score (nSPS) is 14.0. The molecule has 0 spiro atoms. The number of nitrogens with one attached hydrogen (secondary N) is 2. The summed E-state index contributed by atoms with van der Waals surface area (Å²) in [6, 6.07) is 8.68. The molecule has 0 aliphatic heterocycles. The van der Waals surface area contributed by atoms with Gasteiger partial charge in [-0.3, -0.25) is 4.99 Å². The van der Waals surface area contributed by atoms with Crippen molar-refractivity contribution >= 4 is 17.7 Å². The van der Waals surface area contributed by atoms with Crippen LogP contribution in [0.25, 0.3) is 0 Å². The molecule has 2 N–H and O–H groups in total. The summed E-state index contributed by atoms with van der Waals surface area (Å²) in [7, 11) is 1.81. The van der Waals surface area contributed by atoms with E-state index in [2.05, 4.69) is 73.8 Å². The van der Waals surface area contributed by atoms with Gasteiger partial charge in [-0.1, -0.05) is 24.3 Å². The van der Waals surface area contributed by atoms with Crippen molar-refractivity contribution in [2.75, 3.05) is 19.8 Å². The average Bonchev–Trinajstić information content (AvgIpc) is 2.43. The van der Waals surface area contributed by atoms with Gasteiger partial charge in [-0.15, -0.1) is 0 Å². The Morgan fingerprint density at radius 1 is 1.35 bits per heavy atom. The van der Waals surface area contributed by atoms with Crippen molar-refractivity contribution in [2.45, 2.75) is 38.5 Å². The average molecular weight is 293 g/mol. The number of hydrogen-bond donors (Lipinski definition) is 2. The standard InChI is InChI=1S/C16H27N3S/c1-12-9-7-8-10-14(12)13(2)19-15(17-5)18-11-16(3,4)20-6/h7-10,13H,11H2,1-6H3,(H2,17,18,19). The van der Waals surface area contributed by atoms with Crippen LogP contribution < -0.4 is 10.6 Å². The van der Waals surface area contributed by atoms with Crippen LogP contribution in [-0.4, -0.2) is 30.6 Å². The molecule has 0 fully saturated rings. The fourth-order valence-electron chi connectivity index (χ4n) is 1.92. The molecule has 0 radical (unpaired) electrons. The van der Waals surface area contributed by atoms with E-state index in [4.69, 9.17) is 0 Å². The highest BCUT2D eigenvalue weighted by Crippen LogP contribution is 2.20. The van der Waals surface area contributed by atoms with E-state index in [0.717, 1.165) is 12.5 Å². The second kappa shape index (κ2) is 7.58. The van der Waals surface area contributed by atoms with E-state index in [0.29, 0.717) is 0 Å². The van der Waals surface area contributed by atoms with Crippen molar-refractivity contribution in [2.24, 2.45) is 4.99 Å². The van der Waals surface area contributed by atoms with Crippen LogP contribution in [0.2, 0.25) is 0 Å². The van der Waals surface area contributed by atoms with E-state index in [1.165, 1.54) is 11.1 Å². The molecule has 1 aromatic carbocycles. The third kappa shape index (κ3) is 5.08. The monoisotopic (exact) mass is 293 g/mol. The van der Waals surface area contributed by atoms with Gasteiger partial charge in [0.05, 0.1) is 6.04 Å². The summed E-state index contributed by atoms with van der Waals surface area (Å²) >= 11 is 1.85. The minimum absolute atomic E-state index is 0.198. The van der Waals surface area contributed by atoms with Crippen LogP contribution in [0.4, 0.5) is 0 Å². The van der Waals surface area contributed by atoms with Crippen molar-refractivity contribution in [3.63, 3.8) is 0 Å². The molecule has 4 heteroatoms. The minimum Gasteiger partial charge on any atom is -0.355 e. The summed E-state index contributed by atoms with van der Waals surface area (Å²) in [5.74, 6) is 0.850. The van der Waals surface area contributed by atoms with Gasteiger partial charge < -0.3 is 10.6 Å². The molecule has 0 amide bonds. The lowest BCUT2D eigenvalue weighted by atomic mass is 10.0. The molecule has 20 heavy (non-hydrogen) atoms. The zero-order valence-corrected chi connectivity index (χ0v) is 14.3. The summed E-state index contributed by atoms with van der Waals surface area (Å²) in [4.78, 5) is 4.31. The van der Waals surface area contributed by atoms with Gasteiger partial charge in [0.25, 0.3) is 0 Å². The zero-order valence-electron chi connectivity index (χ0n) is 13.4. The van der Waals surface area contributed by atoms with Crippen molar-refractivity contribution in [1.82, 2.24) is 10.6 Å². The minimum atomic E-state index is 0.198. The summed E-state index contributed by atoms with van der Waals surface area (Å²) in [6.45, 7) is 9.63. The highest BCUT2D eigenvalue weighted by Gasteiger charge is 2.17. The van der Waals surface area contributed by atoms with Gasteiger partial charge in [0, 0.05) is 18.3 Å². The molecule has 0 bridgehead atoms. The van der Waals surface area contributed by atoms with Crippen molar-refractivity contribution in [1.29, 1.82) is 0 Å². The van der Waals surface area contributed by atoms with Crippen LogP contribution in [-0.2, 0) is 0 Å². The van der Waals surface area contributed by atoms with Crippen LogP contribution in [0.3, 0.4) is 0 Å². The number of hydrogen-bond acceptors (Lipinski definition) is 2. The first-order valence-electron chi connectivity index (χ1n) is 6.97. The smallest absolute Gasteiger partial charge is 0.191 e. The van der Waals surface area contributed by atoms with E-state index in [1.807, 2.05) is 18.8 Å². The number of aryl methyl sites for hydroxylation is 1. The van der Waals surface area contributed by atoms with Crippen LogP contribution in [0.15, 0.2) is 29.3 Å². The van der Waals surface area contributed by atoms with Crippen LogP contribution in [0, 0.1) is 6.92 Å². The largest absolute Gasteiger partial charge is 0.355 e. The number of benzene rings is 1. The van der Waals surface area contributed by atoms with Gasteiger partial charge in [-0.05, 0) is 45.1 Å². The molecule has 1 rings (SSSR count). The predicted octanol–water partition coefficient (Wildman–Crippen LogP) is 3.36. The third-order valence-corrected chi connectivity index (χ3v) is 4.72. The predicted molar refractivity (Wildman–Crippen MR) is 91.7 cm³/mol. The molecule has 0 saturated carbocycles. The fraction of sp³-hybridized carbons (Fsp3) is 0.562. The molecule has 112 valence electrons. The quantitative estimate of drug-likeness (QED) is 0.645. The van der Waals surface area contributed by atoms with Gasteiger partial charge in [-0.2, -0.15) is 11.8 Å². The number of guanidine groups is 1. The molecule has 1 aromatic rings. The van der Waals surface area contributed by atoms with E-state index in [-0.39, 0.29) is 10.8 Å². The lowest BCUT2D eigenvalue weighted by Gasteiger charge is -2.25. The Balaban J connectivity index is 2.64. The molecule has 0 heterocycles. The molecule has 0 aliphatic rings. The highest BCUT2D eigenvalue weighted by molar-refractivity contribution is 7.99. The maximum Gasteiger partial charge on any atom is 0.191 e. The number of nitrogens with zero attached hydrogens (tertiary/aromatic N) is 1. The Bertz CT molecular complexity index is 455. The highest BCUT2D eigenvalue weighted by atomic mass is 32.2. The zero-order chi connectivity index (χ0) is 15.2. The molecule has 3 nitrogen and oxygen atoms in total. The van der Waals surface area contributed by atoms with Gasteiger partial charge in [0.15, 0.2) is 5.96 Å². The van der Waals surface area contributed by atoms with Crippen LogP contribution in [0.1, 0.15) is 37.9 Å². The molecule has 1 unspecified atom stereocenters. The lowest BCUT2D eigenvalue weighted by Crippen LogP contribution is -2.44. The molecule has 0 aliphatic carbocycles. The molecule has 0 aromatic heterocycles. The number of aliphatic imine (C=N–C) groups is 1. The summed E-state index contributed by atoms with van der Waals surface area (Å²) in [5.41, 5.74) is 2.60. The maximum atomic E-state index is 4.31. The topological polar surface area (TPSA) is 36.4 Å². The number of rotatable bonds is 5. The summed E-state index contributed by atoms with van der Waals surface area (Å²) in [5, 5.41) is 6.85. The second-order valence-corrected chi connectivity index (χ2v) is 7.13. The van der Waals surface area contributed by atoms with Gasteiger partial charge >= 0.3 is 0 Å². The first-order valence-corrected chi connectivity index (χ1v) is 8.20. The first kappa shape index (κ1) is 16.9. The molecule has 0 saturated heterocycles. The van der Waals surface area contributed by atoms with E-state index in [9.17, 15) is 0 Å². The van der Waals surface area contributed by atoms with Gasteiger partial charge in [0.2, 0.25) is 0 Å².